The lowest BCUT2D eigenvalue weighted by molar-refractivity contribution is -0.138. The average molecular weight is 342 g/mol. The van der Waals surface area contributed by atoms with Crippen LogP contribution in [0.3, 0.4) is 0 Å². The highest BCUT2D eigenvalue weighted by Gasteiger charge is 2.40. The molecule has 0 radical (unpaired) electrons. The summed E-state index contributed by atoms with van der Waals surface area (Å²) in [4.78, 5) is 26.6. The number of morpholine rings is 1. The zero-order chi connectivity index (χ0) is 17.7. The molecule has 7 nitrogen and oxygen atoms in total. The van der Waals surface area contributed by atoms with Crippen molar-refractivity contribution in [3.05, 3.63) is 0 Å². The van der Waals surface area contributed by atoms with Gasteiger partial charge in [0.05, 0.1) is 19.3 Å². The van der Waals surface area contributed by atoms with Gasteiger partial charge < -0.3 is 19.5 Å². The summed E-state index contributed by atoms with van der Waals surface area (Å²) in [6.07, 6.45) is 1.23. The third-order valence-electron chi connectivity index (χ3n) is 4.21. The maximum atomic E-state index is 12.7. The predicted octanol–water partition coefficient (Wildman–Crippen LogP) is 1.55. The van der Waals surface area contributed by atoms with Crippen LogP contribution in [-0.4, -0.2) is 67.6 Å². The minimum atomic E-state index is -0.668. The zero-order valence-corrected chi connectivity index (χ0v) is 15.2. The topological polar surface area (TPSA) is 77.1 Å². The number of nitrogens with one attached hydrogen (secondary N) is 1. The maximum absolute atomic E-state index is 12.7. The molecule has 0 bridgehead atoms. The van der Waals surface area contributed by atoms with Crippen LogP contribution in [0, 0.1) is 5.92 Å². The summed E-state index contributed by atoms with van der Waals surface area (Å²) in [5.41, 5.74) is -0.598. The van der Waals surface area contributed by atoms with Crippen LogP contribution in [0.1, 0.15) is 40.5 Å². The fourth-order valence-electron chi connectivity index (χ4n) is 3.02. The summed E-state index contributed by atoms with van der Waals surface area (Å²) in [6.45, 7) is 10.0. The van der Waals surface area contributed by atoms with Gasteiger partial charge in [0.25, 0.3) is 0 Å². The van der Waals surface area contributed by atoms with Crippen LogP contribution in [-0.2, 0) is 19.0 Å². The SMILES string of the molecule is C[C@H]1OCCN(C(=O)OC(C)(C)C)[C@@H]1C(=O)NC[C@@H]1CCCOC1. The highest BCUT2D eigenvalue weighted by atomic mass is 16.6. The van der Waals surface area contributed by atoms with Crippen molar-refractivity contribution in [1.82, 2.24) is 10.2 Å². The van der Waals surface area contributed by atoms with E-state index in [1.807, 2.05) is 27.7 Å². The molecule has 2 aliphatic heterocycles. The van der Waals surface area contributed by atoms with Crippen molar-refractivity contribution in [3.8, 4) is 0 Å². The van der Waals surface area contributed by atoms with Crippen molar-refractivity contribution in [1.29, 1.82) is 0 Å². The predicted molar refractivity (Wildman–Crippen MR) is 88.7 cm³/mol. The van der Waals surface area contributed by atoms with Gasteiger partial charge in [-0.05, 0) is 46.5 Å². The van der Waals surface area contributed by atoms with Crippen molar-refractivity contribution in [3.63, 3.8) is 0 Å². The minimum absolute atomic E-state index is 0.196. The fourth-order valence-corrected chi connectivity index (χ4v) is 3.02. The lowest BCUT2D eigenvalue weighted by atomic mass is 10.0. The van der Waals surface area contributed by atoms with Crippen molar-refractivity contribution >= 4 is 12.0 Å². The smallest absolute Gasteiger partial charge is 0.411 e. The number of amides is 2. The molecule has 138 valence electrons. The summed E-state index contributed by atoms with van der Waals surface area (Å²) in [5, 5.41) is 2.95. The van der Waals surface area contributed by atoms with Crippen LogP contribution >= 0.6 is 0 Å². The van der Waals surface area contributed by atoms with Gasteiger partial charge in [0.15, 0.2) is 0 Å². The molecule has 0 saturated carbocycles. The van der Waals surface area contributed by atoms with Crippen molar-refractivity contribution in [2.75, 3.05) is 32.9 Å². The summed E-state index contributed by atoms with van der Waals surface area (Å²) in [5.74, 6) is 0.135. The number of carbonyl (C=O) groups is 2. The van der Waals surface area contributed by atoms with E-state index >= 15 is 0 Å². The van der Waals surface area contributed by atoms with Gasteiger partial charge in [0.1, 0.15) is 11.6 Å². The van der Waals surface area contributed by atoms with Crippen LogP contribution in [0.4, 0.5) is 4.79 Å². The molecule has 2 aliphatic rings. The highest BCUT2D eigenvalue weighted by Crippen LogP contribution is 2.19. The number of ether oxygens (including phenoxy) is 3. The summed E-state index contributed by atoms with van der Waals surface area (Å²) in [6, 6.07) is -0.668. The molecule has 0 spiro atoms. The molecule has 7 heteroatoms. The standard InChI is InChI=1S/C17H30N2O5/c1-12-14(15(20)18-10-13-6-5-8-22-11-13)19(7-9-23-12)16(21)24-17(2,3)4/h12-14H,5-11H2,1-4H3,(H,18,20)/t12-,13+,14+/m1/s1. The molecule has 2 amide bonds. The molecule has 0 aromatic rings. The highest BCUT2D eigenvalue weighted by molar-refractivity contribution is 5.86. The maximum Gasteiger partial charge on any atom is 0.411 e. The lowest BCUT2D eigenvalue weighted by Crippen LogP contribution is -2.60. The molecular formula is C17H30N2O5. The van der Waals surface area contributed by atoms with Gasteiger partial charge in [0, 0.05) is 19.7 Å². The Labute approximate surface area is 144 Å². The number of hydrogen-bond donors (Lipinski definition) is 1. The van der Waals surface area contributed by atoms with Gasteiger partial charge in [-0.15, -0.1) is 0 Å². The second-order valence-corrected chi connectivity index (χ2v) is 7.52. The van der Waals surface area contributed by atoms with E-state index in [4.69, 9.17) is 14.2 Å². The van der Waals surface area contributed by atoms with Crippen LogP contribution < -0.4 is 5.32 Å². The first-order chi connectivity index (χ1) is 11.3. The van der Waals surface area contributed by atoms with Crippen LogP contribution in [0.5, 0.6) is 0 Å². The second-order valence-electron chi connectivity index (χ2n) is 7.52. The van der Waals surface area contributed by atoms with E-state index in [9.17, 15) is 9.59 Å². The molecule has 0 aliphatic carbocycles. The van der Waals surface area contributed by atoms with Gasteiger partial charge in [-0.2, -0.15) is 0 Å². The quantitative estimate of drug-likeness (QED) is 0.842. The first-order valence-electron chi connectivity index (χ1n) is 8.74. The molecule has 2 saturated heterocycles. The Bertz CT molecular complexity index is 443. The van der Waals surface area contributed by atoms with Crippen molar-refractivity contribution < 1.29 is 23.8 Å². The molecule has 0 unspecified atom stereocenters. The first-order valence-corrected chi connectivity index (χ1v) is 8.74. The normalized spacial score (nSPS) is 28.3. The second kappa shape index (κ2) is 8.16. The van der Waals surface area contributed by atoms with E-state index in [-0.39, 0.29) is 12.0 Å². The van der Waals surface area contributed by atoms with Gasteiger partial charge in [-0.1, -0.05) is 0 Å². The number of rotatable bonds is 3. The average Bonchev–Trinajstić information content (AvgIpc) is 2.51. The number of hydrogen-bond acceptors (Lipinski definition) is 5. The molecule has 24 heavy (non-hydrogen) atoms. The summed E-state index contributed by atoms with van der Waals surface area (Å²) in [7, 11) is 0. The Morgan fingerprint density at radius 3 is 2.67 bits per heavy atom. The van der Waals surface area contributed by atoms with Gasteiger partial charge in [-0.25, -0.2) is 4.79 Å². The monoisotopic (exact) mass is 342 g/mol. The third-order valence-corrected chi connectivity index (χ3v) is 4.21. The Hall–Kier alpha value is -1.34. The van der Waals surface area contributed by atoms with Crippen LogP contribution in [0.25, 0.3) is 0 Å². The minimum Gasteiger partial charge on any atom is -0.444 e. The largest absolute Gasteiger partial charge is 0.444 e. The first kappa shape index (κ1) is 19.0. The van der Waals surface area contributed by atoms with Crippen LogP contribution in [0.2, 0.25) is 0 Å². The Kier molecular flexibility index (Phi) is 6.46. The van der Waals surface area contributed by atoms with E-state index in [1.165, 1.54) is 4.90 Å². The molecule has 0 aromatic heterocycles. The molecule has 2 heterocycles. The molecule has 0 aromatic carbocycles. The zero-order valence-electron chi connectivity index (χ0n) is 15.2. The fraction of sp³-hybridized carbons (Fsp3) is 0.882. The number of nitrogens with zero attached hydrogens (tertiary/aromatic N) is 1. The lowest BCUT2D eigenvalue weighted by Gasteiger charge is -2.39. The summed E-state index contributed by atoms with van der Waals surface area (Å²) < 4.78 is 16.4. The van der Waals surface area contributed by atoms with E-state index in [0.29, 0.717) is 32.2 Å². The van der Waals surface area contributed by atoms with Gasteiger partial charge in [0.2, 0.25) is 5.91 Å². The van der Waals surface area contributed by atoms with Crippen LogP contribution in [0.15, 0.2) is 0 Å². The summed E-state index contributed by atoms with van der Waals surface area (Å²) >= 11 is 0. The molecular weight excluding hydrogens is 312 g/mol. The molecule has 3 atom stereocenters. The van der Waals surface area contributed by atoms with Crippen molar-refractivity contribution in [2.24, 2.45) is 5.92 Å². The van der Waals surface area contributed by atoms with E-state index < -0.39 is 17.7 Å². The Balaban J connectivity index is 1.96. The Morgan fingerprint density at radius 2 is 2.04 bits per heavy atom. The molecule has 1 N–H and O–H groups in total. The van der Waals surface area contributed by atoms with Gasteiger partial charge in [-0.3, -0.25) is 9.69 Å². The molecule has 2 fully saturated rings. The third kappa shape index (κ3) is 5.34. The van der Waals surface area contributed by atoms with E-state index in [0.717, 1.165) is 19.4 Å². The Morgan fingerprint density at radius 1 is 1.29 bits per heavy atom. The van der Waals surface area contributed by atoms with E-state index in [2.05, 4.69) is 5.32 Å². The van der Waals surface area contributed by atoms with Gasteiger partial charge >= 0.3 is 6.09 Å². The number of carbonyl (C=O) groups excluding carboxylic acids is 2. The van der Waals surface area contributed by atoms with E-state index in [1.54, 1.807) is 0 Å². The molecule has 2 rings (SSSR count). The van der Waals surface area contributed by atoms with Crippen molar-refractivity contribution in [2.45, 2.75) is 58.3 Å².